The summed E-state index contributed by atoms with van der Waals surface area (Å²) < 4.78 is 9.84. The summed E-state index contributed by atoms with van der Waals surface area (Å²) in [4.78, 5) is 24.3. The van der Waals surface area contributed by atoms with Crippen LogP contribution in [0.15, 0.2) is 36.0 Å². The van der Waals surface area contributed by atoms with Gasteiger partial charge >= 0.3 is 11.9 Å². The lowest BCUT2D eigenvalue weighted by Crippen LogP contribution is -2.44. The molecule has 0 aromatic rings. The largest absolute Gasteiger partial charge is 0.468 e. The van der Waals surface area contributed by atoms with E-state index in [1.165, 1.54) is 7.11 Å². The van der Waals surface area contributed by atoms with Crippen LogP contribution in [0.4, 0.5) is 0 Å². The van der Waals surface area contributed by atoms with E-state index in [2.05, 4.69) is 13.2 Å². The van der Waals surface area contributed by atoms with Crippen LogP contribution in [0.3, 0.4) is 0 Å². The number of hydrogen-bond acceptors (Lipinski definition) is 4. The monoisotopic (exact) mass is 264 g/mol. The molecule has 1 atom stereocenters. The number of rotatable bonds is 4. The van der Waals surface area contributed by atoms with Gasteiger partial charge in [-0.2, -0.15) is 0 Å². The van der Waals surface area contributed by atoms with Crippen LogP contribution in [0.5, 0.6) is 0 Å². The van der Waals surface area contributed by atoms with E-state index in [-0.39, 0.29) is 19.4 Å². The molecule has 0 aromatic heterocycles. The number of carbonyl (C=O) groups excluding carboxylic acids is 2. The predicted octanol–water partition coefficient (Wildman–Crippen LogP) is 2.56. The van der Waals surface area contributed by atoms with E-state index in [4.69, 9.17) is 9.47 Å². The van der Waals surface area contributed by atoms with Crippen molar-refractivity contribution in [2.45, 2.75) is 26.7 Å². The van der Waals surface area contributed by atoms with Gasteiger partial charge in [0, 0.05) is 0 Å². The van der Waals surface area contributed by atoms with Gasteiger partial charge in [0.1, 0.15) is 0 Å². The van der Waals surface area contributed by atoms with Crippen LogP contribution < -0.4 is 0 Å². The van der Waals surface area contributed by atoms with E-state index in [0.717, 1.165) is 11.1 Å². The van der Waals surface area contributed by atoms with E-state index in [0.29, 0.717) is 5.57 Å². The highest BCUT2D eigenvalue weighted by Crippen LogP contribution is 2.43. The van der Waals surface area contributed by atoms with Gasteiger partial charge in [-0.1, -0.05) is 24.8 Å². The molecule has 1 unspecified atom stereocenters. The molecular formula is C15H20O4. The van der Waals surface area contributed by atoms with Crippen molar-refractivity contribution in [2.75, 3.05) is 13.7 Å². The summed E-state index contributed by atoms with van der Waals surface area (Å²) in [6.07, 6.45) is 2.18. The van der Waals surface area contributed by atoms with Gasteiger partial charge in [-0.05, 0) is 37.8 Å². The molecule has 19 heavy (non-hydrogen) atoms. The molecule has 4 nitrogen and oxygen atoms in total. The molecule has 0 aromatic carbocycles. The van der Waals surface area contributed by atoms with Crippen LogP contribution in [0.1, 0.15) is 26.7 Å². The van der Waals surface area contributed by atoms with Gasteiger partial charge in [0.25, 0.3) is 0 Å². The predicted molar refractivity (Wildman–Crippen MR) is 72.4 cm³/mol. The average molecular weight is 264 g/mol. The van der Waals surface area contributed by atoms with E-state index in [1.807, 2.05) is 6.92 Å². The Kier molecular flexibility index (Phi) is 4.70. The molecule has 1 rings (SSSR count). The van der Waals surface area contributed by atoms with E-state index in [1.54, 1.807) is 13.0 Å². The molecule has 4 heteroatoms. The first-order valence-corrected chi connectivity index (χ1v) is 6.19. The van der Waals surface area contributed by atoms with Crippen molar-refractivity contribution < 1.29 is 19.1 Å². The third kappa shape index (κ3) is 2.62. The number of ether oxygens (including phenoxy) is 2. The summed E-state index contributed by atoms with van der Waals surface area (Å²) in [7, 11) is 1.27. The Morgan fingerprint density at radius 3 is 2.42 bits per heavy atom. The molecule has 0 saturated heterocycles. The van der Waals surface area contributed by atoms with E-state index in [9.17, 15) is 9.59 Å². The van der Waals surface area contributed by atoms with Gasteiger partial charge in [0.05, 0.1) is 13.7 Å². The fourth-order valence-corrected chi connectivity index (χ4v) is 2.53. The first kappa shape index (κ1) is 15.2. The molecule has 0 fully saturated rings. The lowest BCUT2D eigenvalue weighted by Gasteiger charge is -2.34. The Labute approximate surface area is 113 Å². The van der Waals surface area contributed by atoms with Gasteiger partial charge in [0.15, 0.2) is 5.41 Å². The van der Waals surface area contributed by atoms with Crippen molar-refractivity contribution >= 4 is 11.9 Å². The second-order valence-electron chi connectivity index (χ2n) is 4.65. The Balaban J connectivity index is 3.27. The smallest absolute Gasteiger partial charge is 0.324 e. The minimum atomic E-state index is -1.31. The van der Waals surface area contributed by atoms with Crippen LogP contribution in [0.2, 0.25) is 0 Å². The van der Waals surface area contributed by atoms with Crippen LogP contribution in [-0.2, 0) is 19.1 Å². The lowest BCUT2D eigenvalue weighted by molar-refractivity contribution is -0.170. The van der Waals surface area contributed by atoms with Gasteiger partial charge in [-0.25, -0.2) is 0 Å². The highest BCUT2D eigenvalue weighted by Gasteiger charge is 2.51. The van der Waals surface area contributed by atoms with Gasteiger partial charge < -0.3 is 9.47 Å². The SMILES string of the molecule is C=CC1=C(C)CC(C(=O)OC)(C(=O)OCC)CC1=C. The molecule has 1 aliphatic carbocycles. The molecule has 1 aliphatic rings. The molecule has 0 N–H and O–H groups in total. The average Bonchev–Trinajstić information content (AvgIpc) is 2.37. The van der Waals surface area contributed by atoms with Crippen molar-refractivity contribution in [3.8, 4) is 0 Å². The van der Waals surface area contributed by atoms with Crippen LogP contribution in [0.25, 0.3) is 0 Å². The molecule has 0 bridgehead atoms. The third-order valence-corrected chi connectivity index (χ3v) is 3.37. The van der Waals surface area contributed by atoms with E-state index < -0.39 is 17.4 Å². The quantitative estimate of drug-likeness (QED) is 0.578. The highest BCUT2D eigenvalue weighted by atomic mass is 16.6. The molecule has 0 amide bonds. The van der Waals surface area contributed by atoms with Gasteiger partial charge in [-0.3, -0.25) is 9.59 Å². The zero-order chi connectivity index (χ0) is 14.6. The molecule has 0 saturated carbocycles. The van der Waals surface area contributed by atoms with Crippen molar-refractivity contribution in [1.29, 1.82) is 0 Å². The number of allylic oxidation sites excluding steroid dienone is 4. The maximum absolute atomic E-state index is 12.2. The fourth-order valence-electron chi connectivity index (χ4n) is 2.53. The third-order valence-electron chi connectivity index (χ3n) is 3.37. The molecule has 0 heterocycles. The summed E-state index contributed by atoms with van der Waals surface area (Å²) in [5, 5.41) is 0. The van der Waals surface area contributed by atoms with Crippen LogP contribution in [0, 0.1) is 5.41 Å². The minimum Gasteiger partial charge on any atom is -0.468 e. The number of carbonyl (C=O) groups is 2. The molecule has 0 aliphatic heterocycles. The standard InChI is InChI=1S/C15H20O4/c1-6-12-10(3)8-15(9-11(12)4,13(16)18-5)14(17)19-7-2/h6H,1,3,7-9H2,2,4-5H3. The first-order valence-electron chi connectivity index (χ1n) is 6.19. The number of methoxy groups -OCH3 is 1. The summed E-state index contributed by atoms with van der Waals surface area (Å²) in [6, 6.07) is 0. The second kappa shape index (κ2) is 5.87. The summed E-state index contributed by atoms with van der Waals surface area (Å²) in [5.41, 5.74) is 1.20. The topological polar surface area (TPSA) is 52.6 Å². The molecular weight excluding hydrogens is 244 g/mol. The second-order valence-corrected chi connectivity index (χ2v) is 4.65. The molecule has 0 radical (unpaired) electrons. The fraction of sp³-hybridized carbons (Fsp3) is 0.467. The van der Waals surface area contributed by atoms with Gasteiger partial charge in [-0.15, -0.1) is 0 Å². The van der Waals surface area contributed by atoms with Crippen molar-refractivity contribution in [3.05, 3.63) is 36.0 Å². The van der Waals surface area contributed by atoms with Gasteiger partial charge in [0.2, 0.25) is 0 Å². The maximum atomic E-state index is 12.2. The van der Waals surface area contributed by atoms with Crippen molar-refractivity contribution in [1.82, 2.24) is 0 Å². The highest BCUT2D eigenvalue weighted by molar-refractivity contribution is 6.01. The zero-order valence-corrected chi connectivity index (χ0v) is 11.7. The Hall–Kier alpha value is -1.84. The molecule has 104 valence electrons. The Morgan fingerprint density at radius 2 is 2.00 bits per heavy atom. The molecule has 0 spiro atoms. The summed E-state index contributed by atoms with van der Waals surface area (Å²) >= 11 is 0. The maximum Gasteiger partial charge on any atom is 0.324 e. The van der Waals surface area contributed by atoms with Crippen molar-refractivity contribution in [3.63, 3.8) is 0 Å². The number of esters is 2. The Bertz CT molecular complexity index is 459. The van der Waals surface area contributed by atoms with Crippen LogP contribution in [-0.4, -0.2) is 25.7 Å². The summed E-state index contributed by atoms with van der Waals surface area (Å²) in [5.74, 6) is -1.12. The zero-order valence-electron chi connectivity index (χ0n) is 11.7. The lowest BCUT2D eigenvalue weighted by atomic mass is 9.70. The summed E-state index contributed by atoms with van der Waals surface area (Å²) in [6.45, 7) is 11.4. The first-order chi connectivity index (χ1) is 8.92. The van der Waals surface area contributed by atoms with Crippen molar-refractivity contribution in [2.24, 2.45) is 5.41 Å². The number of hydrogen-bond donors (Lipinski definition) is 0. The normalized spacial score (nSPS) is 23.0. The Morgan fingerprint density at radius 1 is 1.37 bits per heavy atom. The van der Waals surface area contributed by atoms with E-state index >= 15 is 0 Å². The van der Waals surface area contributed by atoms with Crippen LogP contribution >= 0.6 is 0 Å². The minimum absolute atomic E-state index is 0.206.